The van der Waals surface area contributed by atoms with E-state index >= 15 is 0 Å². The van der Waals surface area contributed by atoms with Gasteiger partial charge in [-0.05, 0) is 5.56 Å². The maximum atomic E-state index is 12.8. The molecule has 6 heteroatoms. The monoisotopic (exact) mass is 375 g/mol. The maximum Gasteiger partial charge on any atom is 0.269 e. The highest BCUT2D eigenvalue weighted by atomic mass is 16.5. The van der Waals surface area contributed by atoms with E-state index in [0.29, 0.717) is 25.4 Å². The molecule has 1 saturated heterocycles. The van der Waals surface area contributed by atoms with Gasteiger partial charge in [-0.1, -0.05) is 60.7 Å². The van der Waals surface area contributed by atoms with Gasteiger partial charge in [-0.2, -0.15) is 0 Å². The molecule has 0 N–H and O–H groups in total. The van der Waals surface area contributed by atoms with Crippen molar-refractivity contribution in [2.45, 2.75) is 12.6 Å². The molecule has 0 aliphatic carbocycles. The van der Waals surface area contributed by atoms with Gasteiger partial charge in [0.25, 0.3) is 5.56 Å². The Bertz CT molecular complexity index is 1000. The Morgan fingerprint density at radius 3 is 2.54 bits per heavy atom. The zero-order valence-corrected chi connectivity index (χ0v) is 15.4. The minimum atomic E-state index is -0.291. The van der Waals surface area contributed by atoms with Gasteiger partial charge in [0, 0.05) is 18.3 Å². The highest BCUT2D eigenvalue weighted by molar-refractivity contribution is 5.76. The van der Waals surface area contributed by atoms with E-state index in [9.17, 15) is 9.59 Å². The molecule has 2 aromatic carbocycles. The summed E-state index contributed by atoms with van der Waals surface area (Å²) in [6.45, 7) is 1.47. The molecule has 4 rings (SSSR count). The van der Waals surface area contributed by atoms with Crippen LogP contribution < -0.4 is 5.56 Å². The number of aromatic nitrogens is 2. The van der Waals surface area contributed by atoms with E-state index in [1.165, 1.54) is 10.8 Å². The second-order valence-electron chi connectivity index (χ2n) is 6.71. The van der Waals surface area contributed by atoms with Crippen molar-refractivity contribution in [2.24, 2.45) is 0 Å². The SMILES string of the molecule is O=C(Cn1cc(-c2ccccc2)ncc1=O)N1CCO[C@@H](c2ccccc2)C1. The first-order valence-corrected chi connectivity index (χ1v) is 9.27. The van der Waals surface area contributed by atoms with Crippen molar-refractivity contribution < 1.29 is 9.53 Å². The third kappa shape index (κ3) is 4.02. The van der Waals surface area contributed by atoms with Crippen LogP contribution in [0.25, 0.3) is 11.3 Å². The average molecular weight is 375 g/mol. The van der Waals surface area contributed by atoms with E-state index in [1.807, 2.05) is 60.7 Å². The predicted molar refractivity (Wildman–Crippen MR) is 106 cm³/mol. The molecule has 1 atom stereocenters. The van der Waals surface area contributed by atoms with Gasteiger partial charge in [0.1, 0.15) is 12.6 Å². The zero-order chi connectivity index (χ0) is 19.3. The van der Waals surface area contributed by atoms with Crippen LogP contribution in [0.4, 0.5) is 0 Å². The largest absolute Gasteiger partial charge is 0.370 e. The summed E-state index contributed by atoms with van der Waals surface area (Å²) in [7, 11) is 0. The molecule has 1 aromatic heterocycles. The summed E-state index contributed by atoms with van der Waals surface area (Å²) in [5.41, 5.74) is 2.32. The first-order valence-electron chi connectivity index (χ1n) is 9.27. The number of nitrogens with zero attached hydrogens (tertiary/aromatic N) is 3. The fourth-order valence-electron chi connectivity index (χ4n) is 3.32. The molecule has 0 radical (unpaired) electrons. The van der Waals surface area contributed by atoms with Gasteiger partial charge >= 0.3 is 0 Å². The molecule has 0 unspecified atom stereocenters. The van der Waals surface area contributed by atoms with Gasteiger partial charge in [-0.3, -0.25) is 9.59 Å². The van der Waals surface area contributed by atoms with Crippen LogP contribution in [0.2, 0.25) is 0 Å². The van der Waals surface area contributed by atoms with Gasteiger partial charge < -0.3 is 14.2 Å². The van der Waals surface area contributed by atoms with Crippen LogP contribution in [-0.4, -0.2) is 40.1 Å². The third-order valence-electron chi connectivity index (χ3n) is 4.84. The number of morpholine rings is 1. The van der Waals surface area contributed by atoms with Crippen molar-refractivity contribution in [3.8, 4) is 11.3 Å². The van der Waals surface area contributed by atoms with Gasteiger partial charge in [-0.15, -0.1) is 0 Å². The van der Waals surface area contributed by atoms with Crippen LogP contribution in [-0.2, 0) is 16.1 Å². The summed E-state index contributed by atoms with van der Waals surface area (Å²) in [4.78, 5) is 31.0. The lowest BCUT2D eigenvalue weighted by Gasteiger charge is -2.33. The molecule has 142 valence electrons. The Kier molecular flexibility index (Phi) is 5.30. The number of hydrogen-bond donors (Lipinski definition) is 0. The first kappa shape index (κ1) is 18.1. The number of carbonyl (C=O) groups is 1. The Balaban J connectivity index is 1.50. The first-order chi connectivity index (χ1) is 13.7. The minimum absolute atomic E-state index is 0.0112. The highest BCUT2D eigenvalue weighted by Gasteiger charge is 2.25. The van der Waals surface area contributed by atoms with Gasteiger partial charge in [0.15, 0.2) is 0 Å². The van der Waals surface area contributed by atoms with Crippen LogP contribution in [0, 0.1) is 0 Å². The highest BCUT2D eigenvalue weighted by Crippen LogP contribution is 2.22. The molecule has 1 amide bonds. The number of hydrogen-bond acceptors (Lipinski definition) is 4. The van der Waals surface area contributed by atoms with Crippen molar-refractivity contribution >= 4 is 5.91 Å². The molecular formula is C22H21N3O3. The molecule has 0 bridgehead atoms. The second-order valence-corrected chi connectivity index (χ2v) is 6.71. The summed E-state index contributed by atoms with van der Waals surface area (Å²) in [6.07, 6.45) is 2.76. The normalized spacial score (nSPS) is 16.7. The number of amides is 1. The van der Waals surface area contributed by atoms with Crippen molar-refractivity contribution in [1.82, 2.24) is 14.5 Å². The summed E-state index contributed by atoms with van der Waals surface area (Å²) in [5.74, 6) is -0.100. The zero-order valence-electron chi connectivity index (χ0n) is 15.4. The number of rotatable bonds is 4. The van der Waals surface area contributed by atoms with Crippen LogP contribution in [0.5, 0.6) is 0 Å². The van der Waals surface area contributed by atoms with E-state index in [4.69, 9.17) is 4.74 Å². The fraction of sp³-hybridized carbons (Fsp3) is 0.227. The topological polar surface area (TPSA) is 64.4 Å². The van der Waals surface area contributed by atoms with Crippen LogP contribution in [0.3, 0.4) is 0 Å². The Labute approximate surface area is 163 Å². The standard InChI is InChI=1S/C22H21N3O3/c26-21-13-23-19(17-7-3-1-4-8-17)14-25(21)16-22(27)24-11-12-28-20(15-24)18-9-5-2-6-10-18/h1-10,13-14,20H,11-12,15-16H2/t20-/m1/s1. The van der Waals surface area contributed by atoms with Crippen molar-refractivity contribution in [2.75, 3.05) is 19.7 Å². The van der Waals surface area contributed by atoms with Gasteiger partial charge in [0.05, 0.1) is 25.0 Å². The van der Waals surface area contributed by atoms with Crippen molar-refractivity contribution in [1.29, 1.82) is 0 Å². The molecule has 1 aliphatic heterocycles. The third-order valence-corrected chi connectivity index (χ3v) is 4.84. The second kappa shape index (κ2) is 8.19. The molecule has 0 saturated carbocycles. The molecule has 1 aliphatic rings. The van der Waals surface area contributed by atoms with E-state index in [1.54, 1.807) is 11.1 Å². The molecule has 1 fully saturated rings. The Hall–Kier alpha value is -3.25. The summed E-state index contributed by atoms with van der Waals surface area (Å²) >= 11 is 0. The van der Waals surface area contributed by atoms with E-state index in [-0.39, 0.29) is 24.1 Å². The Morgan fingerprint density at radius 1 is 1.07 bits per heavy atom. The lowest BCUT2D eigenvalue weighted by atomic mass is 10.1. The van der Waals surface area contributed by atoms with E-state index in [2.05, 4.69) is 4.98 Å². The van der Waals surface area contributed by atoms with E-state index in [0.717, 1.165) is 11.1 Å². The van der Waals surface area contributed by atoms with E-state index < -0.39 is 0 Å². The summed E-state index contributed by atoms with van der Waals surface area (Å²) < 4.78 is 7.24. The molecule has 2 heterocycles. The van der Waals surface area contributed by atoms with Crippen molar-refractivity contribution in [3.05, 3.63) is 89.0 Å². The van der Waals surface area contributed by atoms with Crippen molar-refractivity contribution in [3.63, 3.8) is 0 Å². The fourth-order valence-corrected chi connectivity index (χ4v) is 3.32. The molecular weight excluding hydrogens is 354 g/mol. The summed E-state index contributed by atoms with van der Waals surface area (Å²) in [6, 6.07) is 19.5. The van der Waals surface area contributed by atoms with Crippen LogP contribution in [0.1, 0.15) is 11.7 Å². The molecule has 0 spiro atoms. The number of carbonyl (C=O) groups excluding carboxylic acids is 1. The Morgan fingerprint density at radius 2 is 1.79 bits per heavy atom. The maximum absolute atomic E-state index is 12.8. The number of ether oxygens (including phenoxy) is 1. The quantitative estimate of drug-likeness (QED) is 0.703. The molecule has 28 heavy (non-hydrogen) atoms. The molecule has 6 nitrogen and oxygen atoms in total. The van der Waals surface area contributed by atoms with Crippen LogP contribution >= 0.6 is 0 Å². The smallest absolute Gasteiger partial charge is 0.269 e. The lowest BCUT2D eigenvalue weighted by molar-refractivity contribution is -0.139. The lowest BCUT2D eigenvalue weighted by Crippen LogP contribution is -2.44. The van der Waals surface area contributed by atoms with Gasteiger partial charge in [0.2, 0.25) is 5.91 Å². The van der Waals surface area contributed by atoms with Crippen LogP contribution in [0.15, 0.2) is 77.9 Å². The predicted octanol–water partition coefficient (Wildman–Crippen LogP) is 2.51. The summed E-state index contributed by atoms with van der Waals surface area (Å²) in [5, 5.41) is 0. The molecule has 3 aromatic rings. The average Bonchev–Trinajstić information content (AvgIpc) is 2.76. The van der Waals surface area contributed by atoms with Gasteiger partial charge in [-0.25, -0.2) is 4.98 Å². The number of benzene rings is 2. The minimum Gasteiger partial charge on any atom is -0.370 e.